The summed E-state index contributed by atoms with van der Waals surface area (Å²) in [5.41, 5.74) is 0. The van der Waals surface area contributed by atoms with Gasteiger partial charge >= 0.3 is 0 Å². The van der Waals surface area contributed by atoms with Crippen molar-refractivity contribution in [3.63, 3.8) is 0 Å². The molecule has 0 spiro atoms. The molecule has 0 unspecified atom stereocenters. The van der Waals surface area contributed by atoms with Crippen LogP contribution in [0.2, 0.25) is 0 Å². The van der Waals surface area contributed by atoms with E-state index < -0.39 is 14.6 Å². The average Bonchev–Trinajstić information content (AvgIpc) is 2.40. The van der Waals surface area contributed by atoms with Gasteiger partial charge in [-0.15, -0.1) is 6.58 Å². The molecular weight excluding hydrogens is 236 g/mol. The van der Waals surface area contributed by atoms with Gasteiger partial charge in [0.15, 0.2) is 9.84 Å². The van der Waals surface area contributed by atoms with Gasteiger partial charge in [0, 0.05) is 13.2 Å². The minimum absolute atomic E-state index is 0.363. The van der Waals surface area contributed by atoms with E-state index in [2.05, 4.69) is 6.58 Å². The molecule has 2 rings (SSSR count). The van der Waals surface area contributed by atoms with Gasteiger partial charge in [0.25, 0.3) is 0 Å². The number of hydrogen-bond donors (Lipinski definition) is 0. The number of hydrogen-bond acceptors (Lipinski definition) is 3. The van der Waals surface area contributed by atoms with Gasteiger partial charge in [-0.05, 0) is 25.0 Å². The summed E-state index contributed by atoms with van der Waals surface area (Å²) in [5, 5.41) is 0. The zero-order valence-electron chi connectivity index (χ0n) is 9.63. The van der Waals surface area contributed by atoms with E-state index in [1.165, 1.54) is 0 Å². The zero-order valence-corrected chi connectivity index (χ0v) is 10.4. The van der Waals surface area contributed by atoms with E-state index in [1.54, 1.807) is 30.3 Å². The lowest BCUT2D eigenvalue weighted by atomic mass is 9.99. The first-order valence-electron chi connectivity index (χ1n) is 5.63. The van der Waals surface area contributed by atoms with Crippen molar-refractivity contribution in [1.29, 1.82) is 0 Å². The lowest BCUT2D eigenvalue weighted by Gasteiger charge is -2.33. The average molecular weight is 252 g/mol. The second-order valence-electron chi connectivity index (χ2n) is 4.20. The molecule has 0 N–H and O–H groups in total. The Hall–Kier alpha value is -1.13. The molecule has 1 aliphatic heterocycles. The second kappa shape index (κ2) is 4.63. The van der Waals surface area contributed by atoms with Crippen LogP contribution >= 0.6 is 0 Å². The Bertz CT molecular complexity index is 485. The third kappa shape index (κ3) is 2.03. The van der Waals surface area contributed by atoms with Crippen molar-refractivity contribution in [2.24, 2.45) is 0 Å². The molecule has 92 valence electrons. The van der Waals surface area contributed by atoms with Gasteiger partial charge in [-0.1, -0.05) is 24.3 Å². The largest absolute Gasteiger partial charge is 0.381 e. The summed E-state index contributed by atoms with van der Waals surface area (Å²) in [6.07, 6.45) is 2.53. The van der Waals surface area contributed by atoms with Gasteiger partial charge in [0.1, 0.15) is 0 Å². The van der Waals surface area contributed by atoms with Crippen LogP contribution in [0.15, 0.2) is 47.9 Å². The lowest BCUT2D eigenvalue weighted by Crippen LogP contribution is -2.42. The highest BCUT2D eigenvalue weighted by atomic mass is 32.2. The fourth-order valence-corrected chi connectivity index (χ4v) is 4.04. The van der Waals surface area contributed by atoms with E-state index in [0.29, 0.717) is 31.0 Å². The maximum absolute atomic E-state index is 12.6. The summed E-state index contributed by atoms with van der Waals surface area (Å²) in [4.78, 5) is 0.363. The monoisotopic (exact) mass is 252 g/mol. The normalized spacial score (nSPS) is 19.8. The molecule has 3 nitrogen and oxygen atoms in total. The molecule has 0 atom stereocenters. The Labute approximate surface area is 102 Å². The number of ether oxygens (including phenoxy) is 1. The van der Waals surface area contributed by atoms with E-state index in [-0.39, 0.29) is 0 Å². The molecule has 0 bridgehead atoms. The predicted molar refractivity (Wildman–Crippen MR) is 66.6 cm³/mol. The predicted octanol–water partition coefficient (Wildman–Crippen LogP) is 2.20. The fraction of sp³-hybridized carbons (Fsp3) is 0.385. The maximum atomic E-state index is 12.6. The Morgan fingerprint density at radius 3 is 2.29 bits per heavy atom. The highest BCUT2D eigenvalue weighted by Gasteiger charge is 2.43. The third-order valence-corrected chi connectivity index (χ3v) is 5.84. The third-order valence-electron chi connectivity index (χ3n) is 3.30. The SMILES string of the molecule is C=CC1(S(=O)(=O)c2ccccc2)CCOCC1. The summed E-state index contributed by atoms with van der Waals surface area (Å²) in [5.74, 6) is 0. The standard InChI is InChI=1S/C13H16O3S/c1-2-13(8-10-16-11-9-13)17(14,15)12-6-4-3-5-7-12/h2-7H,1,8-11H2. The van der Waals surface area contributed by atoms with Crippen molar-refractivity contribution < 1.29 is 13.2 Å². The molecule has 0 radical (unpaired) electrons. The quantitative estimate of drug-likeness (QED) is 0.775. The molecule has 1 aliphatic rings. The van der Waals surface area contributed by atoms with E-state index in [4.69, 9.17) is 4.74 Å². The topological polar surface area (TPSA) is 43.4 Å². The van der Waals surface area contributed by atoms with Gasteiger partial charge in [0.2, 0.25) is 0 Å². The molecule has 4 heteroatoms. The van der Waals surface area contributed by atoms with Gasteiger partial charge in [-0.3, -0.25) is 0 Å². The fourth-order valence-electron chi connectivity index (χ4n) is 2.13. The van der Waals surface area contributed by atoms with Crippen LogP contribution in [0.25, 0.3) is 0 Å². The van der Waals surface area contributed by atoms with Crippen LogP contribution in [0.5, 0.6) is 0 Å². The first-order valence-corrected chi connectivity index (χ1v) is 7.12. The highest BCUT2D eigenvalue weighted by molar-refractivity contribution is 7.93. The smallest absolute Gasteiger partial charge is 0.187 e. The molecule has 1 saturated heterocycles. The number of sulfone groups is 1. The Balaban J connectivity index is 2.46. The minimum Gasteiger partial charge on any atom is -0.381 e. The Morgan fingerprint density at radius 2 is 1.76 bits per heavy atom. The summed E-state index contributed by atoms with van der Waals surface area (Å²) in [6.45, 7) is 4.65. The molecule has 0 aliphatic carbocycles. The summed E-state index contributed by atoms with van der Waals surface area (Å²) >= 11 is 0. The minimum atomic E-state index is -3.37. The van der Waals surface area contributed by atoms with Crippen LogP contribution in [0, 0.1) is 0 Å². The maximum Gasteiger partial charge on any atom is 0.187 e. The molecule has 1 aromatic carbocycles. The number of rotatable bonds is 3. The molecule has 17 heavy (non-hydrogen) atoms. The van der Waals surface area contributed by atoms with Crippen LogP contribution in [0.4, 0.5) is 0 Å². The Morgan fingerprint density at radius 1 is 1.18 bits per heavy atom. The lowest BCUT2D eigenvalue weighted by molar-refractivity contribution is 0.0850. The van der Waals surface area contributed by atoms with Crippen LogP contribution in [0.1, 0.15) is 12.8 Å². The van der Waals surface area contributed by atoms with E-state index in [0.717, 1.165) is 0 Å². The van der Waals surface area contributed by atoms with Crippen molar-refractivity contribution in [3.8, 4) is 0 Å². The van der Waals surface area contributed by atoms with Crippen LogP contribution in [-0.4, -0.2) is 26.4 Å². The van der Waals surface area contributed by atoms with E-state index in [9.17, 15) is 8.42 Å². The zero-order chi connectivity index (χ0) is 12.4. The summed E-state index contributed by atoms with van der Waals surface area (Å²) in [7, 11) is -3.37. The van der Waals surface area contributed by atoms with Gasteiger partial charge < -0.3 is 4.74 Å². The van der Waals surface area contributed by atoms with E-state index >= 15 is 0 Å². The van der Waals surface area contributed by atoms with Crippen molar-refractivity contribution in [1.82, 2.24) is 0 Å². The van der Waals surface area contributed by atoms with Crippen molar-refractivity contribution >= 4 is 9.84 Å². The van der Waals surface area contributed by atoms with Crippen LogP contribution in [0.3, 0.4) is 0 Å². The van der Waals surface area contributed by atoms with Crippen molar-refractivity contribution in [2.45, 2.75) is 22.5 Å². The highest BCUT2D eigenvalue weighted by Crippen LogP contribution is 2.35. The van der Waals surface area contributed by atoms with Gasteiger partial charge in [0.05, 0.1) is 9.64 Å². The van der Waals surface area contributed by atoms with Gasteiger partial charge in [-0.25, -0.2) is 8.42 Å². The Kier molecular flexibility index (Phi) is 3.35. The van der Waals surface area contributed by atoms with Gasteiger partial charge in [-0.2, -0.15) is 0 Å². The molecular formula is C13H16O3S. The van der Waals surface area contributed by atoms with Crippen LogP contribution in [-0.2, 0) is 14.6 Å². The molecule has 0 aromatic heterocycles. The second-order valence-corrected chi connectivity index (χ2v) is 6.49. The molecule has 1 aromatic rings. The van der Waals surface area contributed by atoms with Crippen LogP contribution < -0.4 is 0 Å². The molecule has 0 saturated carbocycles. The molecule has 0 amide bonds. The first-order chi connectivity index (χ1) is 8.12. The summed E-state index contributed by atoms with van der Waals surface area (Å²) < 4.78 is 29.6. The first kappa shape index (κ1) is 12.3. The number of benzene rings is 1. The van der Waals surface area contributed by atoms with E-state index in [1.807, 2.05) is 6.07 Å². The molecule has 1 fully saturated rings. The molecule has 1 heterocycles. The van der Waals surface area contributed by atoms with Crippen molar-refractivity contribution in [2.75, 3.05) is 13.2 Å². The summed E-state index contributed by atoms with van der Waals surface area (Å²) in [6, 6.07) is 8.56. The van der Waals surface area contributed by atoms with Crippen molar-refractivity contribution in [3.05, 3.63) is 43.0 Å².